The lowest BCUT2D eigenvalue weighted by atomic mass is 10.1. The molecule has 0 bridgehead atoms. The molecule has 0 amide bonds. The normalized spacial score (nSPS) is 14.6. The van der Waals surface area contributed by atoms with Gasteiger partial charge in [0.25, 0.3) is 0 Å². The van der Waals surface area contributed by atoms with Crippen molar-refractivity contribution in [2.75, 3.05) is 7.11 Å². The topological polar surface area (TPSA) is 35.0 Å². The molecule has 0 N–H and O–H groups in total. The van der Waals surface area contributed by atoms with Crippen molar-refractivity contribution in [3.8, 4) is 0 Å². The van der Waals surface area contributed by atoms with Crippen LogP contribution in [0.3, 0.4) is 0 Å². The van der Waals surface area contributed by atoms with E-state index in [9.17, 15) is 0 Å². The number of allylic oxidation sites excluding steroid dienone is 5. The summed E-state index contributed by atoms with van der Waals surface area (Å²) in [5, 5.41) is 1.35. The second-order valence-electron chi connectivity index (χ2n) is 4.95. The number of rotatable bonds is 2. The van der Waals surface area contributed by atoms with Gasteiger partial charge in [-0.25, -0.2) is 9.97 Å². The van der Waals surface area contributed by atoms with Gasteiger partial charge >= 0.3 is 0 Å². The highest BCUT2D eigenvalue weighted by atomic mass is 35.5. The Morgan fingerprint density at radius 1 is 1.14 bits per heavy atom. The zero-order valence-corrected chi connectivity index (χ0v) is 12.7. The lowest BCUT2D eigenvalue weighted by molar-refractivity contribution is 0.286. The maximum absolute atomic E-state index is 6.30. The van der Waals surface area contributed by atoms with Crippen LogP contribution in [-0.4, -0.2) is 17.1 Å². The van der Waals surface area contributed by atoms with Crippen LogP contribution in [0.15, 0.2) is 48.3 Å². The SMILES string of the molecule is COC1=CC=CC=C(c2nc(Cl)c3ccc(C)cc3n2)C1. The van der Waals surface area contributed by atoms with Crippen molar-refractivity contribution < 1.29 is 4.74 Å². The number of aryl methyl sites for hydroxylation is 1. The molecule has 0 saturated heterocycles. The summed E-state index contributed by atoms with van der Waals surface area (Å²) in [5.74, 6) is 1.52. The molecule has 1 aromatic heterocycles. The van der Waals surface area contributed by atoms with E-state index in [-0.39, 0.29) is 0 Å². The Balaban J connectivity index is 2.10. The minimum atomic E-state index is 0.479. The number of methoxy groups -OCH3 is 1. The fourth-order valence-corrected chi connectivity index (χ4v) is 2.52. The van der Waals surface area contributed by atoms with E-state index in [2.05, 4.69) is 9.97 Å². The van der Waals surface area contributed by atoms with Crippen molar-refractivity contribution >= 4 is 28.1 Å². The number of halogens is 1. The minimum absolute atomic E-state index is 0.479. The third kappa shape index (κ3) is 2.83. The molecule has 0 atom stereocenters. The quantitative estimate of drug-likeness (QED) is 0.768. The summed E-state index contributed by atoms with van der Waals surface area (Å²) in [6.07, 6.45) is 8.49. The molecule has 0 aliphatic heterocycles. The first kappa shape index (κ1) is 13.8. The van der Waals surface area contributed by atoms with Gasteiger partial charge in [-0.3, -0.25) is 0 Å². The van der Waals surface area contributed by atoms with E-state index in [1.807, 2.05) is 49.4 Å². The molecule has 0 radical (unpaired) electrons. The molecule has 0 spiro atoms. The molecule has 1 aromatic carbocycles. The summed E-state index contributed by atoms with van der Waals surface area (Å²) < 4.78 is 5.34. The third-order valence-electron chi connectivity index (χ3n) is 3.41. The van der Waals surface area contributed by atoms with E-state index in [4.69, 9.17) is 16.3 Å². The van der Waals surface area contributed by atoms with Crippen LogP contribution in [-0.2, 0) is 4.74 Å². The molecule has 1 heterocycles. The summed E-state index contributed by atoms with van der Waals surface area (Å²) in [5.41, 5.74) is 3.00. The summed E-state index contributed by atoms with van der Waals surface area (Å²) in [4.78, 5) is 9.08. The molecule has 3 nitrogen and oxygen atoms in total. The van der Waals surface area contributed by atoms with Crippen molar-refractivity contribution in [1.82, 2.24) is 9.97 Å². The zero-order valence-electron chi connectivity index (χ0n) is 11.9. The maximum Gasteiger partial charge on any atom is 0.157 e. The Labute approximate surface area is 128 Å². The van der Waals surface area contributed by atoms with Crippen LogP contribution in [0.4, 0.5) is 0 Å². The molecule has 1 aliphatic rings. The molecule has 0 fully saturated rings. The fourth-order valence-electron chi connectivity index (χ4n) is 2.28. The molecular formula is C17H15ClN2O. The van der Waals surface area contributed by atoms with Gasteiger partial charge in [0.05, 0.1) is 12.6 Å². The summed E-state index contributed by atoms with van der Waals surface area (Å²) in [6.45, 7) is 2.04. The first-order chi connectivity index (χ1) is 10.2. The van der Waals surface area contributed by atoms with Crippen molar-refractivity contribution in [1.29, 1.82) is 0 Å². The van der Waals surface area contributed by atoms with Crippen LogP contribution in [0.5, 0.6) is 0 Å². The van der Waals surface area contributed by atoms with Gasteiger partial charge in [0.2, 0.25) is 0 Å². The monoisotopic (exact) mass is 298 g/mol. The van der Waals surface area contributed by atoms with Gasteiger partial charge in [0, 0.05) is 17.4 Å². The van der Waals surface area contributed by atoms with Crippen molar-refractivity contribution in [2.24, 2.45) is 0 Å². The highest BCUT2D eigenvalue weighted by Crippen LogP contribution is 2.27. The van der Waals surface area contributed by atoms with Crippen molar-refractivity contribution in [3.63, 3.8) is 0 Å². The van der Waals surface area contributed by atoms with E-state index >= 15 is 0 Å². The fraction of sp³-hybridized carbons (Fsp3) is 0.176. The van der Waals surface area contributed by atoms with E-state index in [1.165, 1.54) is 0 Å². The van der Waals surface area contributed by atoms with Crippen LogP contribution >= 0.6 is 11.6 Å². The number of fused-ring (bicyclic) bond motifs is 1. The molecular weight excluding hydrogens is 284 g/mol. The molecule has 21 heavy (non-hydrogen) atoms. The first-order valence-electron chi connectivity index (χ1n) is 6.72. The average molecular weight is 299 g/mol. The molecule has 3 rings (SSSR count). The van der Waals surface area contributed by atoms with Gasteiger partial charge in [0.1, 0.15) is 10.9 Å². The second kappa shape index (κ2) is 5.70. The highest BCUT2D eigenvalue weighted by molar-refractivity contribution is 6.34. The van der Waals surface area contributed by atoms with Gasteiger partial charge in [0.15, 0.2) is 5.82 Å². The minimum Gasteiger partial charge on any atom is -0.501 e. The number of nitrogens with zero attached hydrogens (tertiary/aromatic N) is 2. The third-order valence-corrected chi connectivity index (χ3v) is 3.70. The van der Waals surface area contributed by atoms with E-state index in [1.54, 1.807) is 7.11 Å². The maximum atomic E-state index is 6.30. The Hall–Kier alpha value is -2.13. The van der Waals surface area contributed by atoms with Gasteiger partial charge in [-0.1, -0.05) is 35.9 Å². The molecule has 4 heteroatoms. The van der Waals surface area contributed by atoms with Crippen LogP contribution in [0.1, 0.15) is 17.8 Å². The lowest BCUT2D eigenvalue weighted by Crippen LogP contribution is -1.98. The predicted molar refractivity (Wildman–Crippen MR) is 86.1 cm³/mol. The van der Waals surface area contributed by atoms with Crippen LogP contribution in [0, 0.1) is 6.92 Å². The molecule has 0 unspecified atom stereocenters. The number of hydrogen-bond donors (Lipinski definition) is 0. The smallest absolute Gasteiger partial charge is 0.157 e. The number of benzene rings is 1. The second-order valence-corrected chi connectivity index (χ2v) is 5.31. The van der Waals surface area contributed by atoms with Gasteiger partial charge < -0.3 is 4.74 Å². The highest BCUT2D eigenvalue weighted by Gasteiger charge is 2.13. The van der Waals surface area contributed by atoms with Gasteiger partial charge in [-0.2, -0.15) is 0 Å². The predicted octanol–water partition coefficient (Wildman–Crippen LogP) is 4.47. The Bertz CT molecular complexity index is 791. The summed E-state index contributed by atoms with van der Waals surface area (Å²) in [7, 11) is 1.67. The average Bonchev–Trinajstić information content (AvgIpc) is 2.72. The van der Waals surface area contributed by atoms with Crippen LogP contribution in [0.2, 0.25) is 5.15 Å². The van der Waals surface area contributed by atoms with E-state index < -0.39 is 0 Å². The number of ether oxygens (including phenoxy) is 1. The number of aromatic nitrogens is 2. The largest absolute Gasteiger partial charge is 0.501 e. The Morgan fingerprint density at radius 2 is 1.95 bits per heavy atom. The number of hydrogen-bond acceptors (Lipinski definition) is 3. The van der Waals surface area contributed by atoms with Crippen molar-refractivity contribution in [3.05, 3.63) is 64.8 Å². The zero-order chi connectivity index (χ0) is 14.8. The van der Waals surface area contributed by atoms with Crippen LogP contribution < -0.4 is 0 Å². The molecule has 106 valence electrons. The van der Waals surface area contributed by atoms with E-state index in [0.717, 1.165) is 27.8 Å². The lowest BCUT2D eigenvalue weighted by Gasteiger charge is -2.09. The first-order valence-corrected chi connectivity index (χ1v) is 7.10. The van der Waals surface area contributed by atoms with Gasteiger partial charge in [-0.15, -0.1) is 0 Å². The Kier molecular flexibility index (Phi) is 3.76. The van der Waals surface area contributed by atoms with Crippen molar-refractivity contribution in [2.45, 2.75) is 13.3 Å². The molecule has 1 aliphatic carbocycles. The molecule has 2 aromatic rings. The summed E-state index contributed by atoms with van der Waals surface area (Å²) >= 11 is 6.30. The van der Waals surface area contributed by atoms with E-state index in [0.29, 0.717) is 17.4 Å². The standard InChI is InChI=1S/C17H15ClN2O/c1-11-7-8-14-15(9-11)19-17(20-16(14)18)12-5-3-4-6-13(10-12)21-2/h3-9H,10H2,1-2H3. The molecule has 0 saturated carbocycles. The van der Waals surface area contributed by atoms with Gasteiger partial charge in [-0.05, 0) is 30.7 Å². The van der Waals surface area contributed by atoms with Crippen LogP contribution in [0.25, 0.3) is 16.5 Å². The summed E-state index contributed by atoms with van der Waals surface area (Å²) in [6, 6.07) is 5.99. The Morgan fingerprint density at radius 3 is 2.76 bits per heavy atom.